The highest BCUT2D eigenvalue weighted by molar-refractivity contribution is 5.04. The lowest BCUT2D eigenvalue weighted by molar-refractivity contribution is -0.282. The van der Waals surface area contributed by atoms with E-state index in [0.717, 1.165) is 51.4 Å². The first-order valence-corrected chi connectivity index (χ1v) is 14.0. The molecule has 210 valence electrons. The highest BCUT2D eigenvalue weighted by Gasteiger charge is 2.45. The fourth-order valence-corrected chi connectivity index (χ4v) is 6.02. The Morgan fingerprint density at radius 2 is 1.62 bits per heavy atom. The lowest BCUT2D eigenvalue weighted by Crippen LogP contribution is -2.45. The summed E-state index contributed by atoms with van der Waals surface area (Å²) in [6.45, 7) is 2.68. The van der Waals surface area contributed by atoms with Crippen LogP contribution in [0.1, 0.15) is 88.8 Å². The topological polar surface area (TPSA) is 116 Å². The fraction of sp³-hybridized carbons (Fsp3) is 0.852. The first kappa shape index (κ1) is 28.4. The first-order valence-electron chi connectivity index (χ1n) is 14.0. The standard InChI is InChI=1S/C27H45N3O7/c1-20-18-30(25(32)29(24(20)31)16-10-15-28)23-17-21(37-27(34-3)13-8-5-9-14-27)22(36-23)19-35-26(33-2)11-6-4-7-12-26/h18,21-23H,4-17,19,28H2,1-3H3/t21-,22+,23+/m0/s1. The molecule has 0 spiro atoms. The van der Waals surface area contributed by atoms with Crippen LogP contribution in [0.4, 0.5) is 0 Å². The molecule has 2 aliphatic carbocycles. The SMILES string of the molecule is COC1(OC[C@H]2O[C@@H](n3cc(C)c(=O)n(CCCN)c3=O)C[C@@H]2OC2(OC)CCCCC2)CCCCC1. The molecule has 3 atom stereocenters. The summed E-state index contributed by atoms with van der Waals surface area (Å²) in [4.78, 5) is 26.0. The van der Waals surface area contributed by atoms with Crippen molar-refractivity contribution in [2.24, 2.45) is 5.73 Å². The Hall–Kier alpha value is -1.56. The van der Waals surface area contributed by atoms with Gasteiger partial charge in [0.05, 0.1) is 12.7 Å². The van der Waals surface area contributed by atoms with Gasteiger partial charge in [-0.1, -0.05) is 12.8 Å². The van der Waals surface area contributed by atoms with Crippen LogP contribution in [0.2, 0.25) is 0 Å². The Balaban J connectivity index is 1.59. The van der Waals surface area contributed by atoms with Crippen molar-refractivity contribution in [3.8, 4) is 0 Å². The van der Waals surface area contributed by atoms with Gasteiger partial charge in [0, 0.05) is 64.6 Å². The van der Waals surface area contributed by atoms with Crippen molar-refractivity contribution >= 4 is 0 Å². The van der Waals surface area contributed by atoms with Crippen molar-refractivity contribution in [2.75, 3.05) is 27.4 Å². The zero-order chi connectivity index (χ0) is 26.5. The number of rotatable bonds is 11. The second-order valence-corrected chi connectivity index (χ2v) is 10.8. The van der Waals surface area contributed by atoms with E-state index in [1.54, 1.807) is 27.3 Å². The van der Waals surface area contributed by atoms with Gasteiger partial charge in [-0.2, -0.15) is 0 Å². The largest absolute Gasteiger partial charge is 0.353 e. The highest BCUT2D eigenvalue weighted by atomic mass is 16.7. The summed E-state index contributed by atoms with van der Waals surface area (Å²) in [6.07, 6.45) is 11.2. The van der Waals surface area contributed by atoms with E-state index < -0.39 is 29.6 Å². The van der Waals surface area contributed by atoms with Crippen LogP contribution in [0.3, 0.4) is 0 Å². The van der Waals surface area contributed by atoms with Crippen molar-refractivity contribution < 1.29 is 23.7 Å². The van der Waals surface area contributed by atoms with Crippen LogP contribution in [0.25, 0.3) is 0 Å². The monoisotopic (exact) mass is 523 g/mol. The zero-order valence-electron chi connectivity index (χ0n) is 22.7. The molecule has 0 aromatic carbocycles. The van der Waals surface area contributed by atoms with E-state index in [0.29, 0.717) is 24.9 Å². The van der Waals surface area contributed by atoms with E-state index in [4.69, 9.17) is 29.4 Å². The molecule has 2 saturated carbocycles. The van der Waals surface area contributed by atoms with E-state index >= 15 is 0 Å². The third-order valence-corrected chi connectivity index (χ3v) is 8.30. The summed E-state index contributed by atoms with van der Waals surface area (Å²) >= 11 is 0. The Morgan fingerprint density at radius 3 is 2.22 bits per heavy atom. The third-order valence-electron chi connectivity index (χ3n) is 8.30. The maximum absolute atomic E-state index is 13.3. The average molecular weight is 524 g/mol. The quantitative estimate of drug-likeness (QED) is 0.440. The second kappa shape index (κ2) is 12.5. The molecule has 0 radical (unpaired) electrons. The Kier molecular flexibility index (Phi) is 9.63. The van der Waals surface area contributed by atoms with Gasteiger partial charge >= 0.3 is 5.69 Å². The number of aryl methyl sites for hydroxylation is 1. The molecule has 10 nitrogen and oxygen atoms in total. The molecule has 3 aliphatic rings. The summed E-state index contributed by atoms with van der Waals surface area (Å²) in [5.74, 6) is -1.28. The summed E-state index contributed by atoms with van der Waals surface area (Å²) in [5.41, 5.74) is 5.44. The van der Waals surface area contributed by atoms with Crippen molar-refractivity contribution in [1.29, 1.82) is 0 Å². The Bertz CT molecular complexity index is 995. The van der Waals surface area contributed by atoms with Crippen LogP contribution in [-0.4, -0.2) is 60.3 Å². The first-order chi connectivity index (χ1) is 17.9. The van der Waals surface area contributed by atoms with Crippen LogP contribution in [-0.2, 0) is 30.2 Å². The molecule has 1 aromatic heterocycles. The van der Waals surface area contributed by atoms with Gasteiger partial charge in [-0.05, 0) is 45.6 Å². The summed E-state index contributed by atoms with van der Waals surface area (Å²) in [5, 5.41) is 0. The molecular formula is C27H45N3O7. The van der Waals surface area contributed by atoms with E-state index in [1.807, 2.05) is 0 Å². The van der Waals surface area contributed by atoms with Crippen molar-refractivity contribution in [3.63, 3.8) is 0 Å². The molecule has 1 aromatic rings. The van der Waals surface area contributed by atoms with Gasteiger partial charge in [0.25, 0.3) is 5.56 Å². The predicted molar refractivity (Wildman–Crippen MR) is 138 cm³/mol. The second-order valence-electron chi connectivity index (χ2n) is 10.8. The molecule has 2 heterocycles. The molecule has 2 N–H and O–H groups in total. The lowest BCUT2D eigenvalue weighted by atomic mass is 9.93. The molecule has 10 heteroatoms. The van der Waals surface area contributed by atoms with E-state index in [1.165, 1.54) is 22.0 Å². The van der Waals surface area contributed by atoms with Gasteiger partial charge in [-0.25, -0.2) is 4.79 Å². The van der Waals surface area contributed by atoms with Crippen molar-refractivity contribution in [3.05, 3.63) is 32.6 Å². The number of nitrogens with two attached hydrogens (primary N) is 1. The van der Waals surface area contributed by atoms with Crippen molar-refractivity contribution in [1.82, 2.24) is 9.13 Å². The maximum atomic E-state index is 13.3. The summed E-state index contributed by atoms with van der Waals surface area (Å²) in [7, 11) is 3.40. The van der Waals surface area contributed by atoms with Crippen LogP contribution in [0.15, 0.2) is 15.8 Å². The van der Waals surface area contributed by atoms with Crippen LogP contribution >= 0.6 is 0 Å². The molecule has 0 bridgehead atoms. The number of ether oxygens (including phenoxy) is 5. The normalized spacial score (nSPS) is 27.4. The average Bonchev–Trinajstić information content (AvgIpc) is 3.32. The summed E-state index contributed by atoms with van der Waals surface area (Å²) < 4.78 is 34.1. The minimum Gasteiger partial charge on any atom is -0.353 e. The van der Waals surface area contributed by atoms with E-state index in [9.17, 15) is 9.59 Å². The van der Waals surface area contributed by atoms with Gasteiger partial charge in [0.2, 0.25) is 0 Å². The number of hydrogen-bond donors (Lipinski definition) is 1. The smallest absolute Gasteiger partial charge is 0.333 e. The Morgan fingerprint density at radius 1 is 1.00 bits per heavy atom. The van der Waals surface area contributed by atoms with Gasteiger partial charge < -0.3 is 29.4 Å². The van der Waals surface area contributed by atoms with Crippen LogP contribution in [0, 0.1) is 6.92 Å². The number of aromatic nitrogens is 2. The van der Waals surface area contributed by atoms with Gasteiger partial charge in [0.15, 0.2) is 11.6 Å². The Labute approximate surface area is 219 Å². The molecule has 4 rings (SSSR count). The van der Waals surface area contributed by atoms with Gasteiger partial charge in [0.1, 0.15) is 12.3 Å². The third kappa shape index (κ3) is 6.37. The minimum atomic E-state index is -0.663. The molecule has 0 amide bonds. The fourth-order valence-electron chi connectivity index (χ4n) is 6.02. The van der Waals surface area contributed by atoms with Gasteiger partial charge in [-0.15, -0.1) is 0 Å². The predicted octanol–water partition coefficient (Wildman–Crippen LogP) is 2.97. The molecule has 1 saturated heterocycles. The molecule has 37 heavy (non-hydrogen) atoms. The van der Waals surface area contributed by atoms with Crippen LogP contribution < -0.4 is 17.0 Å². The zero-order valence-corrected chi connectivity index (χ0v) is 22.7. The number of nitrogens with zero attached hydrogens (tertiary/aromatic N) is 2. The minimum absolute atomic E-state index is 0.276. The van der Waals surface area contributed by atoms with Gasteiger partial charge in [-0.3, -0.25) is 13.9 Å². The summed E-state index contributed by atoms with van der Waals surface area (Å²) in [6, 6.07) is 0. The van der Waals surface area contributed by atoms with E-state index in [2.05, 4.69) is 0 Å². The molecule has 3 fully saturated rings. The molecule has 1 aliphatic heterocycles. The highest BCUT2D eigenvalue weighted by Crippen LogP contribution is 2.40. The molecule has 0 unspecified atom stereocenters. The van der Waals surface area contributed by atoms with Crippen LogP contribution in [0.5, 0.6) is 0 Å². The number of hydrogen-bond acceptors (Lipinski definition) is 8. The molecular weight excluding hydrogens is 478 g/mol. The lowest BCUT2D eigenvalue weighted by Gasteiger charge is -2.40. The maximum Gasteiger partial charge on any atom is 0.333 e. The van der Waals surface area contributed by atoms with E-state index in [-0.39, 0.29) is 24.8 Å². The number of methoxy groups -OCH3 is 2. The van der Waals surface area contributed by atoms with Crippen molar-refractivity contribution in [2.45, 2.75) is 121 Å².